The lowest BCUT2D eigenvalue weighted by atomic mass is 9.90. The fourth-order valence-corrected chi connectivity index (χ4v) is 6.17. The molecule has 3 aliphatic rings. The molecule has 2 aliphatic carbocycles. The highest BCUT2D eigenvalue weighted by Crippen LogP contribution is 2.35. The van der Waals surface area contributed by atoms with E-state index in [4.69, 9.17) is 10.5 Å². The molecular weight excluding hydrogens is 476 g/mol. The summed E-state index contributed by atoms with van der Waals surface area (Å²) in [7, 11) is 1.60. The Balaban J connectivity index is 1.37. The molecule has 1 saturated heterocycles. The fraction of sp³-hybridized carbons (Fsp3) is 0.548. The predicted octanol–water partition coefficient (Wildman–Crippen LogP) is 4.03. The summed E-state index contributed by atoms with van der Waals surface area (Å²) in [4.78, 5) is 31.9. The Labute approximate surface area is 226 Å². The maximum absolute atomic E-state index is 13.8. The summed E-state index contributed by atoms with van der Waals surface area (Å²) in [6, 6.07) is 16.5. The number of hydrogen-bond donors (Lipinski definition) is 2. The van der Waals surface area contributed by atoms with E-state index in [1.807, 2.05) is 18.2 Å². The number of benzene rings is 2. The second-order valence-corrected chi connectivity index (χ2v) is 11.4. The molecule has 0 aromatic heterocycles. The number of carbonyl (C=O) groups excluding carboxylic acids is 2. The van der Waals surface area contributed by atoms with Crippen LogP contribution < -0.4 is 15.8 Å². The molecule has 204 valence electrons. The summed E-state index contributed by atoms with van der Waals surface area (Å²) >= 11 is 0. The van der Waals surface area contributed by atoms with Crippen LogP contribution in [0.5, 0.6) is 5.75 Å². The van der Waals surface area contributed by atoms with Crippen LogP contribution in [0.3, 0.4) is 0 Å². The van der Waals surface area contributed by atoms with Gasteiger partial charge in [0, 0.05) is 42.8 Å². The topological polar surface area (TPSA) is 87.9 Å². The smallest absolute Gasteiger partial charge is 0.254 e. The van der Waals surface area contributed by atoms with Crippen LogP contribution in [0.15, 0.2) is 48.5 Å². The van der Waals surface area contributed by atoms with Gasteiger partial charge in [-0.2, -0.15) is 0 Å². The predicted molar refractivity (Wildman–Crippen MR) is 149 cm³/mol. The fourth-order valence-electron chi connectivity index (χ4n) is 6.17. The molecule has 1 aliphatic heterocycles. The minimum atomic E-state index is -0.499. The number of aryl methyl sites for hydroxylation is 1. The first-order valence-corrected chi connectivity index (χ1v) is 14.2. The number of hydrogen-bond acceptors (Lipinski definition) is 5. The molecule has 0 radical (unpaired) electrons. The van der Waals surface area contributed by atoms with E-state index in [-0.39, 0.29) is 29.9 Å². The van der Waals surface area contributed by atoms with Crippen molar-refractivity contribution < 1.29 is 14.3 Å². The molecule has 5 rings (SSSR count). The van der Waals surface area contributed by atoms with Crippen LogP contribution in [-0.2, 0) is 11.3 Å². The Kier molecular flexibility index (Phi) is 8.34. The number of amides is 2. The molecule has 7 nitrogen and oxygen atoms in total. The minimum Gasteiger partial charge on any atom is -0.497 e. The van der Waals surface area contributed by atoms with Crippen molar-refractivity contribution in [3.8, 4) is 5.75 Å². The van der Waals surface area contributed by atoms with E-state index in [0.29, 0.717) is 30.3 Å². The van der Waals surface area contributed by atoms with Crippen molar-refractivity contribution in [1.82, 2.24) is 15.1 Å². The van der Waals surface area contributed by atoms with Gasteiger partial charge in [0.2, 0.25) is 5.91 Å². The van der Waals surface area contributed by atoms with Crippen molar-refractivity contribution in [2.75, 3.05) is 13.7 Å². The van der Waals surface area contributed by atoms with E-state index in [9.17, 15) is 9.59 Å². The molecule has 2 amide bonds. The van der Waals surface area contributed by atoms with Crippen molar-refractivity contribution in [2.45, 2.75) is 95.0 Å². The Morgan fingerprint density at radius 2 is 1.76 bits per heavy atom. The van der Waals surface area contributed by atoms with E-state index in [0.717, 1.165) is 38.6 Å². The first-order chi connectivity index (χ1) is 18.4. The average molecular weight is 519 g/mol. The molecule has 3 fully saturated rings. The highest BCUT2D eigenvalue weighted by Gasteiger charge is 2.42. The van der Waals surface area contributed by atoms with Crippen molar-refractivity contribution in [1.29, 1.82) is 0 Å². The van der Waals surface area contributed by atoms with Crippen LogP contribution in [0.2, 0.25) is 0 Å². The van der Waals surface area contributed by atoms with Gasteiger partial charge < -0.3 is 20.7 Å². The quantitative estimate of drug-likeness (QED) is 0.551. The Morgan fingerprint density at radius 1 is 1.00 bits per heavy atom. The molecule has 1 unspecified atom stereocenters. The zero-order valence-corrected chi connectivity index (χ0v) is 22.8. The third-order valence-corrected chi connectivity index (χ3v) is 8.67. The Morgan fingerprint density at radius 3 is 2.47 bits per heavy atom. The van der Waals surface area contributed by atoms with E-state index in [1.165, 1.54) is 24.0 Å². The molecule has 0 bridgehead atoms. The van der Waals surface area contributed by atoms with Gasteiger partial charge in [-0.1, -0.05) is 30.3 Å². The molecule has 2 aromatic rings. The maximum atomic E-state index is 13.8. The van der Waals surface area contributed by atoms with Gasteiger partial charge in [0.15, 0.2) is 0 Å². The number of likely N-dealkylation sites (tertiary alicyclic amines) is 1. The second kappa shape index (κ2) is 11.9. The van der Waals surface area contributed by atoms with Gasteiger partial charge >= 0.3 is 0 Å². The van der Waals surface area contributed by atoms with Crippen molar-refractivity contribution in [3.05, 3.63) is 65.2 Å². The number of piperidine rings is 1. The van der Waals surface area contributed by atoms with Crippen LogP contribution in [0.4, 0.5) is 0 Å². The summed E-state index contributed by atoms with van der Waals surface area (Å²) in [5, 5.41) is 3.30. The summed E-state index contributed by atoms with van der Waals surface area (Å²) in [6.45, 7) is 3.62. The number of nitrogens with one attached hydrogen (secondary N) is 1. The highest BCUT2D eigenvalue weighted by atomic mass is 16.5. The molecular formula is C31H42N4O3. The molecule has 7 heteroatoms. The third-order valence-electron chi connectivity index (χ3n) is 8.67. The van der Waals surface area contributed by atoms with Crippen molar-refractivity contribution in [3.63, 3.8) is 0 Å². The van der Waals surface area contributed by atoms with Crippen LogP contribution in [0.25, 0.3) is 0 Å². The SMILES string of the molecule is COc1cccc(C(=O)N2CCC(N(Cc3ccccc3C)C3CC3)C[C@@H]2C(=O)NC2CCC(N)CC2)c1. The second-order valence-electron chi connectivity index (χ2n) is 11.4. The standard InChI is InChI=1S/C31H42N4O3/c1-21-6-3-4-7-23(21)20-35(26-14-15-26)27-16-17-34(31(37)22-8-5-9-28(18-22)38-2)29(19-27)30(36)33-25-12-10-24(32)11-13-25/h3-9,18,24-27,29H,10-17,19-20,32H2,1-2H3,(H,33,36)/t24?,25?,27?,29-/m1/s1. The molecule has 2 saturated carbocycles. The monoisotopic (exact) mass is 518 g/mol. The van der Waals surface area contributed by atoms with Gasteiger partial charge in [0.1, 0.15) is 11.8 Å². The first kappa shape index (κ1) is 26.7. The lowest BCUT2D eigenvalue weighted by Crippen LogP contribution is -2.59. The van der Waals surface area contributed by atoms with Crippen molar-refractivity contribution >= 4 is 11.8 Å². The number of nitrogens with two attached hydrogens (primary N) is 1. The number of rotatable bonds is 8. The van der Waals surface area contributed by atoms with Crippen LogP contribution in [-0.4, -0.2) is 65.5 Å². The Bertz CT molecular complexity index is 1130. The van der Waals surface area contributed by atoms with E-state index in [2.05, 4.69) is 41.4 Å². The normalized spacial score (nSPS) is 25.7. The van der Waals surface area contributed by atoms with Gasteiger partial charge in [-0.05, 0) is 87.6 Å². The zero-order chi connectivity index (χ0) is 26.6. The maximum Gasteiger partial charge on any atom is 0.254 e. The largest absolute Gasteiger partial charge is 0.497 e. The zero-order valence-electron chi connectivity index (χ0n) is 22.8. The van der Waals surface area contributed by atoms with E-state index < -0.39 is 6.04 Å². The van der Waals surface area contributed by atoms with Crippen LogP contribution in [0, 0.1) is 6.92 Å². The number of methoxy groups -OCH3 is 1. The van der Waals surface area contributed by atoms with E-state index >= 15 is 0 Å². The summed E-state index contributed by atoms with van der Waals surface area (Å²) in [5.74, 6) is 0.506. The molecule has 38 heavy (non-hydrogen) atoms. The van der Waals surface area contributed by atoms with Gasteiger partial charge in [-0.3, -0.25) is 14.5 Å². The van der Waals surface area contributed by atoms with E-state index in [1.54, 1.807) is 18.1 Å². The minimum absolute atomic E-state index is 0.0296. The summed E-state index contributed by atoms with van der Waals surface area (Å²) in [6.07, 6.45) is 7.56. The van der Waals surface area contributed by atoms with Crippen LogP contribution in [0.1, 0.15) is 72.9 Å². The summed E-state index contributed by atoms with van der Waals surface area (Å²) < 4.78 is 5.36. The van der Waals surface area contributed by atoms with Gasteiger partial charge in [0.05, 0.1) is 7.11 Å². The summed E-state index contributed by atoms with van der Waals surface area (Å²) in [5.41, 5.74) is 9.30. The molecule has 2 atom stereocenters. The third kappa shape index (κ3) is 6.21. The average Bonchev–Trinajstić information content (AvgIpc) is 3.78. The van der Waals surface area contributed by atoms with Gasteiger partial charge in [-0.15, -0.1) is 0 Å². The number of nitrogens with zero attached hydrogens (tertiary/aromatic N) is 2. The lowest BCUT2D eigenvalue weighted by molar-refractivity contribution is -0.128. The molecule has 1 heterocycles. The number of ether oxygens (including phenoxy) is 1. The van der Waals surface area contributed by atoms with Crippen molar-refractivity contribution in [2.24, 2.45) is 5.73 Å². The first-order valence-electron chi connectivity index (χ1n) is 14.2. The Hall–Kier alpha value is -2.90. The highest BCUT2D eigenvalue weighted by molar-refractivity contribution is 5.98. The van der Waals surface area contributed by atoms with Crippen LogP contribution >= 0.6 is 0 Å². The van der Waals surface area contributed by atoms with Gasteiger partial charge in [0.25, 0.3) is 5.91 Å². The molecule has 3 N–H and O–H groups in total. The van der Waals surface area contributed by atoms with Gasteiger partial charge in [-0.25, -0.2) is 0 Å². The molecule has 0 spiro atoms. The number of carbonyl (C=O) groups is 2. The molecule has 2 aromatic carbocycles. The lowest BCUT2D eigenvalue weighted by Gasteiger charge is -2.43.